The van der Waals surface area contributed by atoms with E-state index < -0.39 is 0 Å². The lowest BCUT2D eigenvalue weighted by molar-refractivity contribution is -0.885. The summed E-state index contributed by atoms with van der Waals surface area (Å²) in [5.41, 5.74) is 2.57. The first-order valence-electron chi connectivity index (χ1n) is 8.21. The van der Waals surface area contributed by atoms with Crippen LogP contribution >= 0.6 is 0 Å². The zero-order chi connectivity index (χ0) is 15.2. The van der Waals surface area contributed by atoms with Gasteiger partial charge in [0.1, 0.15) is 6.54 Å². The van der Waals surface area contributed by atoms with E-state index in [0.29, 0.717) is 18.5 Å². The zero-order valence-electron chi connectivity index (χ0n) is 13.6. The summed E-state index contributed by atoms with van der Waals surface area (Å²) in [5.74, 6) is 0.818. The van der Waals surface area contributed by atoms with E-state index in [1.54, 1.807) is 0 Å². The third kappa shape index (κ3) is 5.16. The number of rotatable bonds is 5. The minimum Gasteiger partial charge on any atom is -0.348 e. The lowest BCUT2D eigenvalue weighted by atomic mass is 9.86. The second kappa shape index (κ2) is 7.60. The number of quaternary nitrogens is 1. The Balaban J connectivity index is 1.77. The molecule has 0 spiro atoms. The quantitative estimate of drug-likeness (QED) is 0.850. The molecule has 1 fully saturated rings. The van der Waals surface area contributed by atoms with Crippen LogP contribution in [-0.2, 0) is 11.3 Å². The van der Waals surface area contributed by atoms with E-state index >= 15 is 0 Å². The van der Waals surface area contributed by atoms with Crippen LogP contribution in [0.5, 0.6) is 0 Å². The molecule has 0 aliphatic heterocycles. The molecule has 0 saturated heterocycles. The molecule has 1 aliphatic carbocycles. The third-order valence-electron chi connectivity index (χ3n) is 4.55. The summed E-state index contributed by atoms with van der Waals surface area (Å²) < 4.78 is 0. The fraction of sp³-hybridized carbons (Fsp3) is 0.611. The maximum Gasteiger partial charge on any atom is 0.275 e. The monoisotopic (exact) mass is 289 g/mol. The van der Waals surface area contributed by atoms with Gasteiger partial charge in [0.25, 0.3) is 5.91 Å². The lowest BCUT2D eigenvalue weighted by Crippen LogP contribution is -3.09. The Bertz CT molecular complexity index is 455. The number of carbonyl (C=O) groups excluding carboxylic acids is 1. The van der Waals surface area contributed by atoms with E-state index in [4.69, 9.17) is 0 Å². The van der Waals surface area contributed by atoms with Crippen LogP contribution in [0.4, 0.5) is 0 Å². The predicted octanol–water partition coefficient (Wildman–Crippen LogP) is 1.70. The largest absolute Gasteiger partial charge is 0.348 e. The van der Waals surface area contributed by atoms with Crippen molar-refractivity contribution < 1.29 is 9.69 Å². The van der Waals surface area contributed by atoms with Gasteiger partial charge in [0, 0.05) is 11.6 Å². The molecule has 2 rings (SSSR count). The van der Waals surface area contributed by atoms with Gasteiger partial charge in [-0.3, -0.25) is 4.79 Å². The fourth-order valence-corrected chi connectivity index (χ4v) is 3.18. The molecule has 3 nitrogen and oxygen atoms in total. The van der Waals surface area contributed by atoms with Gasteiger partial charge in [-0.05, 0) is 25.7 Å². The van der Waals surface area contributed by atoms with Gasteiger partial charge in [-0.2, -0.15) is 0 Å². The van der Waals surface area contributed by atoms with Crippen LogP contribution in [0.1, 0.15) is 43.7 Å². The van der Waals surface area contributed by atoms with Crippen LogP contribution in [0, 0.1) is 12.8 Å². The van der Waals surface area contributed by atoms with Gasteiger partial charge >= 0.3 is 0 Å². The van der Waals surface area contributed by atoms with E-state index in [9.17, 15) is 4.79 Å². The number of hydrogen-bond donors (Lipinski definition) is 2. The number of likely N-dealkylation sites (N-methyl/N-ethyl adjacent to an activating group) is 1. The topological polar surface area (TPSA) is 33.5 Å². The van der Waals surface area contributed by atoms with Crippen LogP contribution < -0.4 is 10.2 Å². The highest BCUT2D eigenvalue weighted by molar-refractivity contribution is 5.77. The number of hydrogen-bond acceptors (Lipinski definition) is 1. The molecule has 1 aromatic rings. The normalized spacial score (nSPS) is 23.6. The summed E-state index contributed by atoms with van der Waals surface area (Å²) >= 11 is 0. The summed E-state index contributed by atoms with van der Waals surface area (Å²) in [5, 5.41) is 3.23. The third-order valence-corrected chi connectivity index (χ3v) is 4.55. The molecular weight excluding hydrogens is 260 g/mol. The highest BCUT2D eigenvalue weighted by atomic mass is 16.2. The molecule has 1 aliphatic rings. The van der Waals surface area contributed by atoms with Gasteiger partial charge in [-0.15, -0.1) is 0 Å². The lowest BCUT2D eigenvalue weighted by Gasteiger charge is -2.29. The zero-order valence-corrected chi connectivity index (χ0v) is 13.6. The Hall–Kier alpha value is -1.35. The van der Waals surface area contributed by atoms with Gasteiger partial charge in [0.05, 0.1) is 7.05 Å². The molecule has 0 radical (unpaired) electrons. The van der Waals surface area contributed by atoms with E-state index in [1.807, 2.05) is 0 Å². The smallest absolute Gasteiger partial charge is 0.275 e. The summed E-state index contributed by atoms with van der Waals surface area (Å²) in [6, 6.07) is 8.96. The summed E-state index contributed by atoms with van der Waals surface area (Å²) in [7, 11) is 2.09. The first-order valence-corrected chi connectivity index (χ1v) is 8.21. The highest BCUT2D eigenvalue weighted by Crippen LogP contribution is 2.23. The van der Waals surface area contributed by atoms with Crippen LogP contribution in [0.3, 0.4) is 0 Å². The van der Waals surface area contributed by atoms with Gasteiger partial charge in [0.15, 0.2) is 6.54 Å². The van der Waals surface area contributed by atoms with Crippen molar-refractivity contribution >= 4 is 5.91 Å². The van der Waals surface area contributed by atoms with Gasteiger partial charge in [-0.1, -0.05) is 49.6 Å². The number of benzene rings is 1. The van der Waals surface area contributed by atoms with Gasteiger partial charge < -0.3 is 10.2 Å². The molecule has 116 valence electrons. The molecule has 21 heavy (non-hydrogen) atoms. The number of amides is 1. The fourth-order valence-electron chi connectivity index (χ4n) is 3.18. The summed E-state index contributed by atoms with van der Waals surface area (Å²) in [6.45, 7) is 5.80. The van der Waals surface area contributed by atoms with E-state index in [1.165, 1.54) is 35.3 Å². The van der Waals surface area contributed by atoms with Crippen molar-refractivity contribution in [2.45, 2.75) is 52.1 Å². The van der Waals surface area contributed by atoms with Crippen molar-refractivity contribution in [2.24, 2.45) is 5.92 Å². The Morgan fingerprint density at radius 2 is 1.90 bits per heavy atom. The molecular formula is C18H29N2O+. The highest BCUT2D eigenvalue weighted by Gasteiger charge is 2.23. The Kier molecular flexibility index (Phi) is 5.80. The molecule has 2 N–H and O–H groups in total. The average Bonchev–Trinajstić information content (AvgIpc) is 2.44. The van der Waals surface area contributed by atoms with Crippen molar-refractivity contribution in [3.63, 3.8) is 0 Å². The second-order valence-electron chi connectivity index (χ2n) is 6.73. The van der Waals surface area contributed by atoms with E-state index in [0.717, 1.165) is 13.0 Å². The molecule has 1 amide bonds. The van der Waals surface area contributed by atoms with Crippen LogP contribution in [-0.4, -0.2) is 25.5 Å². The van der Waals surface area contributed by atoms with Crippen molar-refractivity contribution in [2.75, 3.05) is 13.6 Å². The van der Waals surface area contributed by atoms with Crippen molar-refractivity contribution in [3.05, 3.63) is 35.4 Å². The minimum atomic E-state index is 0.193. The number of nitrogens with one attached hydrogen (secondary N) is 2. The van der Waals surface area contributed by atoms with Gasteiger partial charge in [0.2, 0.25) is 0 Å². The van der Waals surface area contributed by atoms with Crippen molar-refractivity contribution in [1.82, 2.24) is 5.32 Å². The average molecular weight is 289 g/mol. The van der Waals surface area contributed by atoms with Crippen LogP contribution in [0.25, 0.3) is 0 Å². The van der Waals surface area contributed by atoms with E-state index in [2.05, 4.69) is 50.5 Å². The number of aryl methyl sites for hydroxylation is 1. The van der Waals surface area contributed by atoms with E-state index in [-0.39, 0.29) is 5.91 Å². The maximum atomic E-state index is 12.2. The van der Waals surface area contributed by atoms with Gasteiger partial charge in [-0.25, -0.2) is 0 Å². The first kappa shape index (κ1) is 16.0. The molecule has 1 aromatic carbocycles. The van der Waals surface area contributed by atoms with Crippen molar-refractivity contribution in [1.29, 1.82) is 0 Å². The molecule has 3 heteroatoms. The van der Waals surface area contributed by atoms with Crippen molar-refractivity contribution in [3.8, 4) is 0 Å². The summed E-state index contributed by atoms with van der Waals surface area (Å²) in [6.07, 6.45) is 4.95. The molecule has 0 aromatic heterocycles. The Labute approximate surface area is 128 Å². The summed E-state index contributed by atoms with van der Waals surface area (Å²) in [4.78, 5) is 13.4. The Morgan fingerprint density at radius 3 is 2.57 bits per heavy atom. The Morgan fingerprint density at radius 1 is 1.24 bits per heavy atom. The molecule has 1 saturated carbocycles. The first-order chi connectivity index (χ1) is 10.0. The maximum absolute atomic E-state index is 12.2. The molecule has 1 unspecified atom stereocenters. The van der Waals surface area contributed by atoms with Crippen LogP contribution in [0.15, 0.2) is 24.3 Å². The predicted molar refractivity (Wildman–Crippen MR) is 86.2 cm³/mol. The second-order valence-corrected chi connectivity index (χ2v) is 6.73. The minimum absolute atomic E-state index is 0.193. The SMILES string of the molecule is Cc1ccc(C[NH+](C)CC(=O)N[C@H]2CCCC[C@@H]2C)cc1. The molecule has 0 heterocycles. The molecule has 0 bridgehead atoms. The number of carbonyl (C=O) groups is 1. The standard InChI is InChI=1S/C18H28N2O/c1-14-8-10-16(11-9-14)12-20(3)13-18(21)19-17-7-5-4-6-15(17)2/h8-11,15,17H,4-7,12-13H2,1-3H3,(H,19,21)/p+1/t15-,17-/m0/s1. The molecule has 3 atom stereocenters. The van der Waals surface area contributed by atoms with Crippen LogP contribution in [0.2, 0.25) is 0 Å².